The predicted octanol–water partition coefficient (Wildman–Crippen LogP) is 7.90. The number of halogens is 3. The average Bonchev–Trinajstić information content (AvgIpc) is 3.76. The molecule has 1 fully saturated rings. The molecule has 5 aromatic rings. The molecule has 11 heteroatoms. The van der Waals surface area contributed by atoms with Crippen molar-refractivity contribution in [3.05, 3.63) is 119 Å². The van der Waals surface area contributed by atoms with Gasteiger partial charge < -0.3 is 5.11 Å². The molecule has 44 heavy (non-hydrogen) atoms. The number of aliphatic carboxylic acids is 1. The summed E-state index contributed by atoms with van der Waals surface area (Å²) in [5.41, 5.74) is 0.879. The molecule has 2 unspecified atom stereocenters. The minimum Gasteiger partial charge on any atom is -0.481 e. The van der Waals surface area contributed by atoms with Gasteiger partial charge in [-0.2, -0.15) is 5.26 Å². The SMILES string of the molecule is [C-]#[N+]c1cccc(C#N)c1-c1c(-c2cccc(C3CC3C(=O)O)c2)n(S(=O)(=O)c2ccc(C(F)F)cc2)c2ccc(F)cc12. The van der Waals surface area contributed by atoms with Crippen LogP contribution >= 0.6 is 0 Å². The fraction of sp³-hybridized carbons (Fsp3) is 0.121. The fourth-order valence-corrected chi connectivity index (χ4v) is 7.18. The highest BCUT2D eigenvalue weighted by molar-refractivity contribution is 7.90. The first-order valence-electron chi connectivity index (χ1n) is 13.3. The summed E-state index contributed by atoms with van der Waals surface area (Å²) < 4.78 is 71.2. The molecule has 2 atom stereocenters. The zero-order valence-corrected chi connectivity index (χ0v) is 23.4. The second kappa shape index (κ2) is 10.7. The highest BCUT2D eigenvalue weighted by atomic mass is 32.2. The first-order valence-corrected chi connectivity index (χ1v) is 14.7. The zero-order valence-electron chi connectivity index (χ0n) is 22.6. The van der Waals surface area contributed by atoms with Crippen molar-refractivity contribution in [1.29, 1.82) is 5.26 Å². The van der Waals surface area contributed by atoms with E-state index in [4.69, 9.17) is 6.57 Å². The summed E-state index contributed by atoms with van der Waals surface area (Å²) in [5.74, 6) is -2.56. The molecule has 1 aliphatic rings. The lowest BCUT2D eigenvalue weighted by Gasteiger charge is -2.16. The first kappa shape index (κ1) is 28.7. The van der Waals surface area contributed by atoms with Gasteiger partial charge in [-0.25, -0.2) is 30.4 Å². The van der Waals surface area contributed by atoms with Crippen LogP contribution in [0.2, 0.25) is 0 Å². The molecular weight excluding hydrogens is 591 g/mol. The number of alkyl halides is 2. The van der Waals surface area contributed by atoms with Crippen LogP contribution in [0.15, 0.2) is 89.8 Å². The molecule has 6 rings (SSSR count). The van der Waals surface area contributed by atoms with E-state index in [1.54, 1.807) is 24.3 Å². The van der Waals surface area contributed by atoms with Gasteiger partial charge in [-0.1, -0.05) is 42.5 Å². The Bertz CT molecular complexity index is 2150. The van der Waals surface area contributed by atoms with Crippen LogP contribution in [0.25, 0.3) is 38.1 Å². The lowest BCUT2D eigenvalue weighted by atomic mass is 9.92. The Hall–Kier alpha value is -5.39. The van der Waals surface area contributed by atoms with Crippen LogP contribution < -0.4 is 0 Å². The van der Waals surface area contributed by atoms with E-state index in [9.17, 15) is 36.8 Å². The number of nitriles is 1. The molecule has 218 valence electrons. The Kier molecular flexibility index (Phi) is 6.99. The Morgan fingerprint density at radius 2 is 1.75 bits per heavy atom. The van der Waals surface area contributed by atoms with Crippen molar-refractivity contribution in [2.45, 2.75) is 23.7 Å². The lowest BCUT2D eigenvalue weighted by molar-refractivity contribution is -0.138. The summed E-state index contributed by atoms with van der Waals surface area (Å²) >= 11 is 0. The van der Waals surface area contributed by atoms with Crippen LogP contribution in [0, 0.1) is 29.6 Å². The van der Waals surface area contributed by atoms with E-state index >= 15 is 0 Å². The number of hydrogen-bond donors (Lipinski definition) is 1. The number of carbonyl (C=O) groups is 1. The van der Waals surface area contributed by atoms with E-state index in [-0.39, 0.29) is 55.4 Å². The molecule has 0 saturated heterocycles. The van der Waals surface area contributed by atoms with E-state index in [0.717, 1.165) is 40.4 Å². The van der Waals surface area contributed by atoms with Crippen molar-refractivity contribution in [2.24, 2.45) is 5.92 Å². The molecule has 0 bridgehead atoms. The maximum Gasteiger partial charge on any atom is 0.307 e. The lowest BCUT2D eigenvalue weighted by Crippen LogP contribution is -2.14. The van der Waals surface area contributed by atoms with Crippen LogP contribution in [0.1, 0.15) is 35.5 Å². The highest BCUT2D eigenvalue weighted by Gasteiger charge is 2.44. The summed E-state index contributed by atoms with van der Waals surface area (Å²) in [7, 11) is -4.57. The molecule has 1 heterocycles. The summed E-state index contributed by atoms with van der Waals surface area (Å²) in [6, 6.07) is 20.7. The number of rotatable bonds is 7. The number of fused-ring (bicyclic) bond motifs is 1. The molecule has 4 aromatic carbocycles. The monoisotopic (exact) mass is 611 g/mol. The van der Waals surface area contributed by atoms with Crippen LogP contribution in [-0.2, 0) is 14.8 Å². The van der Waals surface area contributed by atoms with Gasteiger partial charge in [-0.15, -0.1) is 0 Å². The standard InChI is InChI=1S/C33H20F3N3O4S/c1-38-27-7-3-6-21(17-37)29(27)30-26-15-22(34)10-13-28(26)39(44(42,43)23-11-8-18(9-12-23)32(35)36)31(30)20-5-2-4-19(14-20)24-16-25(24)33(40)41/h2-15,24-25,32H,16H2,(H,40,41). The van der Waals surface area contributed by atoms with Gasteiger partial charge in [-0.3, -0.25) is 4.79 Å². The van der Waals surface area contributed by atoms with Crippen molar-refractivity contribution in [1.82, 2.24) is 3.97 Å². The van der Waals surface area contributed by atoms with Crippen LogP contribution in [0.3, 0.4) is 0 Å². The Balaban J connectivity index is 1.75. The Morgan fingerprint density at radius 1 is 1.02 bits per heavy atom. The average molecular weight is 612 g/mol. The molecule has 1 aromatic heterocycles. The van der Waals surface area contributed by atoms with Crippen LogP contribution in [-0.4, -0.2) is 23.5 Å². The molecule has 0 radical (unpaired) electrons. The quantitative estimate of drug-likeness (QED) is 0.188. The number of aromatic nitrogens is 1. The minimum atomic E-state index is -4.57. The zero-order chi connectivity index (χ0) is 31.3. The molecule has 1 saturated carbocycles. The molecule has 7 nitrogen and oxygen atoms in total. The van der Waals surface area contributed by atoms with Crippen molar-refractivity contribution < 1.29 is 31.5 Å². The summed E-state index contributed by atoms with van der Waals surface area (Å²) in [4.78, 5) is 14.9. The maximum absolute atomic E-state index is 14.9. The smallest absolute Gasteiger partial charge is 0.307 e. The molecule has 0 amide bonds. The van der Waals surface area contributed by atoms with Gasteiger partial charge in [0.1, 0.15) is 5.82 Å². The van der Waals surface area contributed by atoms with Gasteiger partial charge in [0.15, 0.2) is 5.69 Å². The second-order valence-corrected chi connectivity index (χ2v) is 12.1. The van der Waals surface area contributed by atoms with Crippen LogP contribution in [0.4, 0.5) is 18.9 Å². The third kappa shape index (κ3) is 4.68. The third-order valence-electron chi connectivity index (χ3n) is 7.79. The van der Waals surface area contributed by atoms with E-state index in [2.05, 4.69) is 4.85 Å². The summed E-state index contributed by atoms with van der Waals surface area (Å²) in [6.07, 6.45) is -2.42. The Morgan fingerprint density at radius 3 is 2.39 bits per heavy atom. The van der Waals surface area contributed by atoms with Crippen molar-refractivity contribution >= 4 is 32.6 Å². The predicted molar refractivity (Wildman–Crippen MR) is 156 cm³/mol. The van der Waals surface area contributed by atoms with E-state index < -0.39 is 34.2 Å². The molecular formula is C33H20F3N3O4S. The van der Waals surface area contributed by atoms with Crippen LogP contribution in [0.5, 0.6) is 0 Å². The number of carboxylic acid groups (broad SMARTS) is 1. The molecule has 1 aliphatic carbocycles. The van der Waals surface area contributed by atoms with Gasteiger partial charge in [0, 0.05) is 33.2 Å². The van der Waals surface area contributed by atoms with E-state index in [0.29, 0.717) is 17.5 Å². The summed E-state index contributed by atoms with van der Waals surface area (Å²) in [6.45, 7) is 7.81. The van der Waals surface area contributed by atoms with E-state index in [1.165, 1.54) is 24.3 Å². The van der Waals surface area contributed by atoms with Gasteiger partial charge in [0.25, 0.3) is 16.4 Å². The first-order chi connectivity index (χ1) is 21.1. The van der Waals surface area contributed by atoms with Crippen molar-refractivity contribution in [3.63, 3.8) is 0 Å². The summed E-state index contributed by atoms with van der Waals surface area (Å²) in [5, 5.41) is 19.6. The number of benzene rings is 4. The number of nitrogens with zero attached hydrogens (tertiary/aromatic N) is 3. The molecule has 0 spiro atoms. The van der Waals surface area contributed by atoms with Gasteiger partial charge in [-0.05, 0) is 60.4 Å². The maximum atomic E-state index is 14.9. The number of hydrogen-bond acceptors (Lipinski definition) is 4. The van der Waals surface area contributed by atoms with Gasteiger partial charge in [0.05, 0.1) is 34.7 Å². The normalized spacial score (nSPS) is 16.0. The topological polar surface area (TPSA) is 105 Å². The fourth-order valence-electron chi connectivity index (χ4n) is 5.63. The minimum absolute atomic E-state index is 0.00510. The van der Waals surface area contributed by atoms with Gasteiger partial charge in [0.2, 0.25) is 0 Å². The molecule has 1 N–H and O–H groups in total. The van der Waals surface area contributed by atoms with E-state index in [1.807, 2.05) is 6.07 Å². The number of carboxylic acids is 1. The second-order valence-electron chi connectivity index (χ2n) is 10.4. The Labute approximate surface area is 249 Å². The van der Waals surface area contributed by atoms with Crippen molar-refractivity contribution in [3.8, 4) is 28.5 Å². The van der Waals surface area contributed by atoms with Gasteiger partial charge >= 0.3 is 5.97 Å². The van der Waals surface area contributed by atoms with Crippen molar-refractivity contribution in [2.75, 3.05) is 0 Å². The largest absolute Gasteiger partial charge is 0.481 e. The molecule has 0 aliphatic heterocycles. The highest BCUT2D eigenvalue weighted by Crippen LogP contribution is 2.51. The third-order valence-corrected chi connectivity index (χ3v) is 9.51.